The van der Waals surface area contributed by atoms with Crippen molar-refractivity contribution in [1.82, 2.24) is 0 Å². The smallest absolute Gasteiger partial charge is 0.368 e. The van der Waals surface area contributed by atoms with Crippen LogP contribution < -0.4 is 10.0 Å². The molecule has 32 heavy (non-hydrogen) atoms. The van der Waals surface area contributed by atoms with Crippen LogP contribution in [0.3, 0.4) is 0 Å². The minimum atomic E-state index is -5.03. The van der Waals surface area contributed by atoms with Gasteiger partial charge in [-0.1, -0.05) is 6.07 Å². The number of rotatable bonds is 5. The van der Waals surface area contributed by atoms with E-state index in [9.17, 15) is 39.6 Å². The van der Waals surface area contributed by atoms with Crippen molar-refractivity contribution >= 4 is 27.3 Å². The molecule has 2 aromatic carbocycles. The maximum Gasteiger partial charge on any atom is 0.418 e. The van der Waals surface area contributed by atoms with Crippen LogP contribution in [0.4, 0.5) is 37.7 Å². The van der Waals surface area contributed by atoms with Gasteiger partial charge in [-0.2, -0.15) is 26.3 Å². The van der Waals surface area contributed by atoms with Crippen molar-refractivity contribution in [3.05, 3.63) is 53.6 Å². The van der Waals surface area contributed by atoms with E-state index < -0.39 is 56.1 Å². The molecule has 0 aromatic heterocycles. The first kappa shape index (κ1) is 23.9. The van der Waals surface area contributed by atoms with Crippen LogP contribution in [0.1, 0.15) is 24.0 Å². The Hall–Kier alpha value is -2.80. The summed E-state index contributed by atoms with van der Waals surface area (Å²) in [6.07, 6.45) is -9.64. The van der Waals surface area contributed by atoms with Crippen molar-refractivity contribution in [2.24, 2.45) is 0 Å². The molecule has 0 bridgehead atoms. The van der Waals surface area contributed by atoms with Crippen molar-refractivity contribution < 1.29 is 44.3 Å². The molecule has 13 heteroatoms. The van der Waals surface area contributed by atoms with Crippen LogP contribution in [-0.2, 0) is 31.9 Å². The van der Waals surface area contributed by atoms with E-state index in [1.54, 1.807) is 4.72 Å². The highest BCUT2D eigenvalue weighted by atomic mass is 32.2. The van der Waals surface area contributed by atoms with E-state index in [1.807, 2.05) is 0 Å². The number of hydrogen-bond acceptors (Lipinski definition) is 4. The summed E-state index contributed by atoms with van der Waals surface area (Å²) in [7, 11) is -4.79. The number of carbonyl (C=O) groups is 1. The molecule has 0 spiro atoms. The molecular weight excluding hydrogens is 466 g/mol. The maximum atomic E-state index is 13.5. The van der Waals surface area contributed by atoms with Crippen LogP contribution in [0.15, 0.2) is 47.4 Å². The first-order valence-corrected chi connectivity index (χ1v) is 10.6. The minimum Gasteiger partial charge on any atom is -0.368 e. The van der Waals surface area contributed by atoms with Crippen molar-refractivity contribution in [2.75, 3.05) is 16.6 Å². The number of nitrogens with one attached hydrogen (secondary N) is 2. The summed E-state index contributed by atoms with van der Waals surface area (Å²) >= 11 is 0. The number of amides is 1. The Kier molecular flexibility index (Phi) is 6.43. The van der Waals surface area contributed by atoms with Crippen molar-refractivity contribution in [3.8, 4) is 0 Å². The molecule has 2 aromatic rings. The highest BCUT2D eigenvalue weighted by Crippen LogP contribution is 2.38. The lowest BCUT2D eigenvalue weighted by molar-refractivity contribution is -0.138. The van der Waals surface area contributed by atoms with Crippen molar-refractivity contribution in [3.63, 3.8) is 0 Å². The SMILES string of the molecule is O=C(Nc1ccc(NS(=O)(=O)c2cccc(C(F)(F)F)c2)c(C(F)(F)F)c1)C1CCCO1. The van der Waals surface area contributed by atoms with Gasteiger partial charge in [-0.05, 0) is 49.2 Å². The first-order chi connectivity index (χ1) is 14.8. The normalized spacial score (nSPS) is 17.2. The van der Waals surface area contributed by atoms with Gasteiger partial charge in [0.05, 0.1) is 21.7 Å². The van der Waals surface area contributed by atoms with Crippen LogP contribution in [0.5, 0.6) is 0 Å². The summed E-state index contributed by atoms with van der Waals surface area (Å²) in [5, 5.41) is 2.28. The minimum absolute atomic E-state index is 0.250. The van der Waals surface area contributed by atoms with E-state index in [0.717, 1.165) is 24.3 Å². The van der Waals surface area contributed by atoms with Gasteiger partial charge in [0.1, 0.15) is 6.10 Å². The average molecular weight is 482 g/mol. The van der Waals surface area contributed by atoms with Gasteiger partial charge in [-0.3, -0.25) is 9.52 Å². The van der Waals surface area contributed by atoms with Gasteiger partial charge in [0.2, 0.25) is 0 Å². The molecule has 3 rings (SSSR count). The van der Waals surface area contributed by atoms with Gasteiger partial charge >= 0.3 is 12.4 Å². The molecule has 1 aliphatic rings. The Balaban J connectivity index is 1.91. The molecule has 2 N–H and O–H groups in total. The fourth-order valence-corrected chi connectivity index (χ4v) is 4.12. The Labute approximate surface area is 178 Å². The molecule has 1 unspecified atom stereocenters. The monoisotopic (exact) mass is 482 g/mol. The number of ether oxygens (including phenoxy) is 1. The Morgan fingerprint density at radius 3 is 2.31 bits per heavy atom. The molecule has 1 atom stereocenters. The number of hydrogen-bond donors (Lipinski definition) is 2. The number of alkyl halides is 6. The third-order valence-electron chi connectivity index (χ3n) is 4.53. The standard InChI is InChI=1S/C19H16F6N2O4S/c20-18(21,22)11-3-1-4-13(9-11)32(29,30)27-15-7-6-12(10-14(15)19(23,24)25)26-17(28)16-5-2-8-31-16/h1,3-4,6-7,9-10,16,27H,2,5,8H2,(H,26,28). The molecular formula is C19H16F6N2O4S. The van der Waals surface area contributed by atoms with E-state index in [-0.39, 0.29) is 5.69 Å². The molecule has 6 nitrogen and oxygen atoms in total. The van der Waals surface area contributed by atoms with Crippen LogP contribution in [0.2, 0.25) is 0 Å². The van der Waals surface area contributed by atoms with Gasteiger partial charge in [0.15, 0.2) is 0 Å². The molecule has 1 fully saturated rings. The predicted molar refractivity (Wildman–Crippen MR) is 101 cm³/mol. The average Bonchev–Trinajstić information content (AvgIpc) is 3.22. The van der Waals surface area contributed by atoms with Gasteiger partial charge in [-0.15, -0.1) is 0 Å². The van der Waals surface area contributed by atoms with Crippen LogP contribution in [0.25, 0.3) is 0 Å². The maximum absolute atomic E-state index is 13.5. The van der Waals surface area contributed by atoms with Crippen molar-refractivity contribution in [2.45, 2.75) is 36.2 Å². The Bertz CT molecular complexity index is 1110. The lowest BCUT2D eigenvalue weighted by Crippen LogP contribution is -2.27. The summed E-state index contributed by atoms with van der Waals surface area (Å²) < 4.78 is 111. The van der Waals surface area contributed by atoms with Crippen molar-refractivity contribution in [1.29, 1.82) is 0 Å². The molecule has 0 saturated carbocycles. The van der Waals surface area contributed by atoms with E-state index in [1.165, 1.54) is 0 Å². The topological polar surface area (TPSA) is 84.5 Å². The summed E-state index contributed by atoms with van der Waals surface area (Å²) in [4.78, 5) is 11.2. The summed E-state index contributed by atoms with van der Waals surface area (Å²) in [6.45, 7) is 0.349. The van der Waals surface area contributed by atoms with E-state index in [2.05, 4.69) is 5.32 Å². The number of carbonyl (C=O) groups excluding carboxylic acids is 1. The number of sulfonamides is 1. The van der Waals surface area contributed by atoms with Gasteiger partial charge in [-0.25, -0.2) is 8.42 Å². The molecule has 1 saturated heterocycles. The van der Waals surface area contributed by atoms with Crippen LogP contribution >= 0.6 is 0 Å². The van der Waals surface area contributed by atoms with Gasteiger partial charge in [0.25, 0.3) is 15.9 Å². The van der Waals surface area contributed by atoms with E-state index in [4.69, 9.17) is 4.74 Å². The zero-order valence-corrected chi connectivity index (χ0v) is 16.9. The number of anilines is 2. The first-order valence-electron chi connectivity index (χ1n) is 9.11. The molecule has 174 valence electrons. The third-order valence-corrected chi connectivity index (χ3v) is 5.89. The zero-order valence-electron chi connectivity index (χ0n) is 16.0. The van der Waals surface area contributed by atoms with Crippen LogP contribution in [0, 0.1) is 0 Å². The largest absolute Gasteiger partial charge is 0.418 e. The molecule has 1 aliphatic heterocycles. The molecule has 1 amide bonds. The second-order valence-corrected chi connectivity index (χ2v) is 8.56. The lowest BCUT2D eigenvalue weighted by Gasteiger charge is -2.17. The van der Waals surface area contributed by atoms with Crippen LogP contribution in [-0.4, -0.2) is 27.0 Å². The second kappa shape index (κ2) is 8.62. The van der Waals surface area contributed by atoms with Gasteiger partial charge in [0, 0.05) is 12.3 Å². The fraction of sp³-hybridized carbons (Fsp3) is 0.316. The summed E-state index contributed by atoms with van der Waals surface area (Å²) in [5.74, 6) is -0.645. The second-order valence-electron chi connectivity index (χ2n) is 6.88. The lowest BCUT2D eigenvalue weighted by atomic mass is 10.1. The molecule has 0 aliphatic carbocycles. The summed E-state index contributed by atoms with van der Waals surface area (Å²) in [5.41, 5.74) is -3.87. The Morgan fingerprint density at radius 2 is 1.72 bits per heavy atom. The van der Waals surface area contributed by atoms with Gasteiger partial charge < -0.3 is 10.1 Å². The van der Waals surface area contributed by atoms with E-state index >= 15 is 0 Å². The predicted octanol–water partition coefficient (Wildman–Crippen LogP) is 4.64. The zero-order chi connectivity index (χ0) is 23.7. The third kappa shape index (κ3) is 5.51. The number of benzene rings is 2. The quantitative estimate of drug-likeness (QED) is 0.608. The van der Waals surface area contributed by atoms with E-state index in [0.29, 0.717) is 37.6 Å². The Morgan fingerprint density at radius 1 is 1.00 bits per heavy atom. The highest BCUT2D eigenvalue weighted by molar-refractivity contribution is 7.92. The highest BCUT2D eigenvalue weighted by Gasteiger charge is 2.36. The molecule has 0 radical (unpaired) electrons. The summed E-state index contributed by atoms with van der Waals surface area (Å²) in [6, 6.07) is 4.91. The molecule has 1 heterocycles. The number of halogens is 6. The fourth-order valence-electron chi connectivity index (χ4n) is 3.00.